The van der Waals surface area contributed by atoms with Gasteiger partial charge in [-0.05, 0) is 51.9 Å². The normalized spacial score (nSPS) is 15.4. The first-order valence-corrected chi connectivity index (χ1v) is 8.94. The zero-order valence-corrected chi connectivity index (χ0v) is 15.2. The van der Waals surface area contributed by atoms with Crippen molar-refractivity contribution in [3.8, 4) is 5.75 Å². The molecule has 0 radical (unpaired) electrons. The van der Waals surface area contributed by atoms with E-state index in [-0.39, 0.29) is 30.5 Å². The molecule has 6 heteroatoms. The summed E-state index contributed by atoms with van der Waals surface area (Å²) in [7, 11) is 0. The number of hydrogen-bond acceptors (Lipinski definition) is 4. The van der Waals surface area contributed by atoms with Gasteiger partial charge in [0, 0.05) is 12.1 Å². The molecular weight excluding hydrogens is 318 g/mol. The molecule has 1 saturated heterocycles. The maximum atomic E-state index is 12.0. The molecule has 0 unspecified atom stereocenters. The molecule has 0 bridgehead atoms. The fourth-order valence-corrected chi connectivity index (χ4v) is 2.88. The first kappa shape index (κ1) is 19.2. The van der Waals surface area contributed by atoms with E-state index in [9.17, 15) is 9.59 Å². The highest BCUT2D eigenvalue weighted by atomic mass is 16.5. The number of nitrogens with one attached hydrogen (secondary N) is 2. The van der Waals surface area contributed by atoms with Crippen LogP contribution < -0.4 is 15.4 Å². The number of piperidine rings is 1. The first-order valence-electron chi connectivity index (χ1n) is 8.94. The van der Waals surface area contributed by atoms with Crippen molar-refractivity contribution in [2.45, 2.75) is 38.6 Å². The third-order valence-corrected chi connectivity index (χ3v) is 4.49. The Morgan fingerprint density at radius 3 is 2.40 bits per heavy atom. The van der Waals surface area contributed by atoms with Crippen LogP contribution in [0.4, 0.5) is 0 Å². The van der Waals surface area contributed by atoms with Crippen molar-refractivity contribution in [2.75, 3.05) is 32.8 Å². The maximum absolute atomic E-state index is 12.0. The van der Waals surface area contributed by atoms with Gasteiger partial charge in [-0.2, -0.15) is 0 Å². The lowest BCUT2D eigenvalue weighted by Gasteiger charge is -2.41. The lowest BCUT2D eigenvalue weighted by Crippen LogP contribution is -2.54. The van der Waals surface area contributed by atoms with Crippen LogP contribution in [0.15, 0.2) is 30.3 Å². The second-order valence-corrected chi connectivity index (χ2v) is 7.02. The summed E-state index contributed by atoms with van der Waals surface area (Å²) >= 11 is 0. The molecule has 1 fully saturated rings. The van der Waals surface area contributed by atoms with E-state index in [2.05, 4.69) is 29.4 Å². The second-order valence-electron chi connectivity index (χ2n) is 7.02. The quantitative estimate of drug-likeness (QED) is 0.749. The van der Waals surface area contributed by atoms with Crippen LogP contribution in [0.2, 0.25) is 0 Å². The second kappa shape index (κ2) is 9.42. The Hall–Kier alpha value is -2.08. The third kappa shape index (κ3) is 6.74. The summed E-state index contributed by atoms with van der Waals surface area (Å²) in [4.78, 5) is 26.1. The SMILES string of the molecule is CC(C)(CNC(=O)CNC(=O)COc1ccccc1)N1CCCCC1. The minimum absolute atomic E-state index is 0.0347. The van der Waals surface area contributed by atoms with Crippen LogP contribution in [0.5, 0.6) is 5.75 Å². The fourth-order valence-electron chi connectivity index (χ4n) is 2.88. The van der Waals surface area contributed by atoms with Gasteiger partial charge in [0.1, 0.15) is 5.75 Å². The van der Waals surface area contributed by atoms with Gasteiger partial charge in [0.05, 0.1) is 6.54 Å². The molecule has 138 valence electrons. The number of carbonyl (C=O) groups excluding carboxylic acids is 2. The van der Waals surface area contributed by atoms with Gasteiger partial charge in [0.25, 0.3) is 5.91 Å². The van der Waals surface area contributed by atoms with Gasteiger partial charge >= 0.3 is 0 Å². The number of amides is 2. The molecule has 0 spiro atoms. The lowest BCUT2D eigenvalue weighted by molar-refractivity contribution is -0.127. The molecule has 2 amide bonds. The van der Waals surface area contributed by atoms with Crippen molar-refractivity contribution in [2.24, 2.45) is 0 Å². The van der Waals surface area contributed by atoms with E-state index < -0.39 is 0 Å². The van der Waals surface area contributed by atoms with Gasteiger partial charge in [-0.15, -0.1) is 0 Å². The van der Waals surface area contributed by atoms with E-state index in [1.54, 1.807) is 12.1 Å². The van der Waals surface area contributed by atoms with Gasteiger partial charge in [0.15, 0.2) is 6.61 Å². The predicted octanol–water partition coefficient (Wildman–Crippen LogP) is 1.56. The molecule has 1 heterocycles. The van der Waals surface area contributed by atoms with E-state index >= 15 is 0 Å². The molecule has 0 aliphatic carbocycles. The highest BCUT2D eigenvalue weighted by molar-refractivity contribution is 5.85. The Labute approximate surface area is 149 Å². The number of carbonyl (C=O) groups is 2. The zero-order chi connectivity index (χ0) is 18.1. The van der Waals surface area contributed by atoms with Crippen LogP contribution in [-0.2, 0) is 9.59 Å². The minimum Gasteiger partial charge on any atom is -0.484 e. The Bertz CT molecular complexity index is 554. The Kier molecular flexibility index (Phi) is 7.25. The molecule has 0 saturated carbocycles. The number of benzene rings is 1. The Morgan fingerprint density at radius 1 is 1.04 bits per heavy atom. The van der Waals surface area contributed by atoms with E-state index in [0.29, 0.717) is 12.3 Å². The molecule has 2 N–H and O–H groups in total. The Morgan fingerprint density at radius 2 is 1.72 bits per heavy atom. The van der Waals surface area contributed by atoms with Crippen molar-refractivity contribution in [3.05, 3.63) is 30.3 Å². The lowest BCUT2D eigenvalue weighted by atomic mass is 9.98. The number of ether oxygens (including phenoxy) is 1. The molecule has 0 atom stereocenters. The molecule has 1 aromatic rings. The zero-order valence-electron chi connectivity index (χ0n) is 15.2. The summed E-state index contributed by atoms with van der Waals surface area (Å²) in [5, 5.41) is 5.49. The smallest absolute Gasteiger partial charge is 0.258 e. The van der Waals surface area contributed by atoms with Gasteiger partial charge in [0.2, 0.25) is 5.91 Å². The molecule has 25 heavy (non-hydrogen) atoms. The topological polar surface area (TPSA) is 70.7 Å². The first-order chi connectivity index (χ1) is 12.0. The van der Waals surface area contributed by atoms with Gasteiger partial charge in [-0.1, -0.05) is 24.6 Å². The summed E-state index contributed by atoms with van der Waals surface area (Å²) in [6, 6.07) is 9.11. The van der Waals surface area contributed by atoms with Crippen LogP contribution in [0.1, 0.15) is 33.1 Å². The molecule has 0 aromatic heterocycles. The predicted molar refractivity (Wildman–Crippen MR) is 97.5 cm³/mol. The molecule has 1 aliphatic rings. The number of likely N-dealkylation sites (tertiary alicyclic amines) is 1. The molecular formula is C19H29N3O3. The van der Waals surface area contributed by atoms with Crippen molar-refractivity contribution in [1.29, 1.82) is 0 Å². The Balaban J connectivity index is 1.63. The standard InChI is InChI=1S/C19H29N3O3/c1-19(2,22-11-7-4-8-12-22)15-21-17(23)13-20-18(24)14-25-16-9-5-3-6-10-16/h3,5-6,9-10H,4,7-8,11-15H2,1-2H3,(H,20,24)(H,21,23). The van der Waals surface area contributed by atoms with E-state index in [0.717, 1.165) is 13.1 Å². The third-order valence-electron chi connectivity index (χ3n) is 4.49. The largest absolute Gasteiger partial charge is 0.484 e. The fraction of sp³-hybridized carbons (Fsp3) is 0.579. The van der Waals surface area contributed by atoms with Crippen molar-refractivity contribution >= 4 is 11.8 Å². The number of hydrogen-bond donors (Lipinski definition) is 2. The van der Waals surface area contributed by atoms with E-state index in [1.165, 1.54) is 19.3 Å². The van der Waals surface area contributed by atoms with Crippen LogP contribution >= 0.6 is 0 Å². The van der Waals surface area contributed by atoms with Crippen LogP contribution in [-0.4, -0.2) is 55.0 Å². The summed E-state index contributed by atoms with van der Waals surface area (Å²) in [6.07, 6.45) is 3.72. The van der Waals surface area contributed by atoms with Crippen LogP contribution in [0, 0.1) is 0 Å². The monoisotopic (exact) mass is 347 g/mol. The van der Waals surface area contributed by atoms with Crippen LogP contribution in [0.3, 0.4) is 0 Å². The summed E-state index contributed by atoms with van der Waals surface area (Å²) in [6.45, 7) is 6.88. The van der Waals surface area contributed by atoms with E-state index in [4.69, 9.17) is 4.74 Å². The number of para-hydroxylation sites is 1. The summed E-state index contributed by atoms with van der Waals surface area (Å²) in [5.74, 6) is 0.137. The highest BCUT2D eigenvalue weighted by Crippen LogP contribution is 2.19. The summed E-state index contributed by atoms with van der Waals surface area (Å²) in [5.41, 5.74) is -0.0729. The molecule has 1 aliphatic heterocycles. The van der Waals surface area contributed by atoms with Crippen molar-refractivity contribution in [3.63, 3.8) is 0 Å². The number of rotatable bonds is 8. The average Bonchev–Trinajstić information content (AvgIpc) is 2.64. The van der Waals surface area contributed by atoms with Crippen molar-refractivity contribution < 1.29 is 14.3 Å². The van der Waals surface area contributed by atoms with Crippen molar-refractivity contribution in [1.82, 2.24) is 15.5 Å². The molecule has 1 aromatic carbocycles. The van der Waals surface area contributed by atoms with Gasteiger partial charge in [-0.25, -0.2) is 0 Å². The minimum atomic E-state index is -0.311. The highest BCUT2D eigenvalue weighted by Gasteiger charge is 2.28. The molecule has 6 nitrogen and oxygen atoms in total. The number of nitrogens with zero attached hydrogens (tertiary/aromatic N) is 1. The summed E-state index contributed by atoms with van der Waals surface area (Å²) < 4.78 is 5.34. The maximum Gasteiger partial charge on any atom is 0.258 e. The average molecular weight is 347 g/mol. The van der Waals surface area contributed by atoms with Crippen LogP contribution in [0.25, 0.3) is 0 Å². The van der Waals surface area contributed by atoms with Gasteiger partial charge < -0.3 is 15.4 Å². The van der Waals surface area contributed by atoms with E-state index in [1.807, 2.05) is 18.2 Å². The molecule has 2 rings (SSSR count). The van der Waals surface area contributed by atoms with Gasteiger partial charge in [-0.3, -0.25) is 14.5 Å².